The van der Waals surface area contributed by atoms with E-state index in [0.29, 0.717) is 0 Å². The Kier molecular flexibility index (Phi) is 9.61. The van der Waals surface area contributed by atoms with Gasteiger partial charge in [-0.3, -0.25) is 0 Å². The molecule has 2 aromatic carbocycles. The maximum atomic E-state index is 15.6. The molecule has 42 heavy (non-hydrogen) atoms. The summed E-state index contributed by atoms with van der Waals surface area (Å²) in [6.45, 7) is 5.25. The number of aliphatic hydroxyl groups excluding tert-OH is 1. The third-order valence-corrected chi connectivity index (χ3v) is 8.45. The molecule has 0 bridgehead atoms. The molecule has 3 aromatic rings. The zero-order valence-corrected chi connectivity index (χ0v) is 24.5. The van der Waals surface area contributed by atoms with Crippen LogP contribution in [-0.2, 0) is 18.8 Å². The fourth-order valence-electron chi connectivity index (χ4n) is 4.43. The van der Waals surface area contributed by atoms with E-state index in [4.69, 9.17) is 18.5 Å². The van der Waals surface area contributed by atoms with Gasteiger partial charge in [-0.15, -0.1) is 0 Å². The van der Waals surface area contributed by atoms with Gasteiger partial charge in [0, 0.05) is 0 Å². The first-order chi connectivity index (χ1) is 19.8. The van der Waals surface area contributed by atoms with Crippen molar-refractivity contribution in [2.75, 3.05) is 6.61 Å². The number of aromatic amines is 1. The Morgan fingerprint density at radius 2 is 1.76 bits per heavy atom. The second-order valence-corrected chi connectivity index (χ2v) is 12.3. The Bertz CT molecular complexity index is 1480. The van der Waals surface area contributed by atoms with Crippen molar-refractivity contribution in [2.45, 2.75) is 63.9 Å². The van der Waals surface area contributed by atoms with Gasteiger partial charge in [0.05, 0.1) is 0 Å². The fourth-order valence-corrected chi connectivity index (χ4v) is 6.14. The van der Waals surface area contributed by atoms with Crippen LogP contribution in [0.2, 0.25) is 0 Å². The van der Waals surface area contributed by atoms with E-state index in [1.807, 2.05) is 35.3 Å². The van der Waals surface area contributed by atoms with Gasteiger partial charge in [-0.25, -0.2) is 0 Å². The topological polar surface area (TPSA) is 161 Å². The van der Waals surface area contributed by atoms with Gasteiger partial charge in [0.1, 0.15) is 0 Å². The van der Waals surface area contributed by atoms with Gasteiger partial charge in [-0.05, 0) is 0 Å². The van der Waals surface area contributed by atoms with Crippen LogP contribution < -0.4 is 20.9 Å². The number of hydrogen-bond donors (Lipinski definition) is 4. The number of aromatic nitrogens is 2. The first-order valence-corrected chi connectivity index (χ1v) is 15.1. The van der Waals surface area contributed by atoms with Crippen LogP contribution >= 0.6 is 8.09 Å². The molecule has 4 rings (SSSR count). The van der Waals surface area contributed by atoms with Gasteiger partial charge in [0.2, 0.25) is 0 Å². The third-order valence-electron chi connectivity index (χ3n) is 6.59. The van der Waals surface area contributed by atoms with Gasteiger partial charge >= 0.3 is 242 Å². The molecule has 1 aliphatic heterocycles. The predicted molar refractivity (Wildman–Crippen MR) is 154 cm³/mol. The number of halogens is 1. The van der Waals surface area contributed by atoms with Crippen molar-refractivity contribution in [2.24, 2.45) is 0 Å². The van der Waals surface area contributed by atoms with E-state index in [0.717, 1.165) is 34.9 Å². The molecule has 228 valence electrons. The molecule has 4 N–H and O–H groups in total. The molecule has 0 spiro atoms. The summed E-state index contributed by atoms with van der Waals surface area (Å²) in [6, 6.07) is 16.3. The van der Waals surface area contributed by atoms with E-state index in [1.54, 1.807) is 38.1 Å². The minimum absolute atomic E-state index is 0.210. The molecule has 0 radical (unpaired) electrons. The molecule has 0 amide bonds. The van der Waals surface area contributed by atoms with E-state index in [2.05, 4.69) is 5.09 Å². The number of rotatable bonds is 11. The standard InChI is InChI=1S/C28H35FN3O9P/c1-17(2)39-25(35)18(3)31-42(37,41-21-12-10-20(11-13-21)19-8-6-5-7-9-19)38-16-22-24(34)28(4,29)26(40-22)32-15-14-23(33)30-27(32)36/h5-15,17-18,22,24,26,31,34,37,42H,16H2,1-4H3,(H,30,33,36)/t18-,22?,24+,26+,28+/m0/s1. The summed E-state index contributed by atoms with van der Waals surface area (Å²) in [5, 5.41) is 13.4. The zero-order chi connectivity index (χ0) is 30.7. The molecule has 1 aliphatic rings. The number of H-pyrrole nitrogens is 1. The van der Waals surface area contributed by atoms with Crippen molar-refractivity contribution >= 4 is 14.1 Å². The third kappa shape index (κ3) is 7.30. The second-order valence-electron chi connectivity index (χ2n) is 10.4. The second kappa shape index (κ2) is 12.8. The summed E-state index contributed by atoms with van der Waals surface area (Å²) in [4.78, 5) is 49.7. The van der Waals surface area contributed by atoms with Gasteiger partial charge in [-0.2, -0.15) is 0 Å². The van der Waals surface area contributed by atoms with Crippen LogP contribution in [0, 0.1) is 0 Å². The molecule has 1 unspecified atom stereocenters. The molecule has 2 heterocycles. The summed E-state index contributed by atoms with van der Waals surface area (Å²) >= 11 is 0. The Morgan fingerprint density at radius 1 is 1.12 bits per heavy atom. The minimum atomic E-state index is -4.51. The van der Waals surface area contributed by atoms with Crippen molar-refractivity contribution in [3.63, 3.8) is 0 Å². The van der Waals surface area contributed by atoms with E-state index in [-0.39, 0.29) is 5.75 Å². The maximum absolute atomic E-state index is 15.6. The number of benzene rings is 2. The van der Waals surface area contributed by atoms with Gasteiger partial charge < -0.3 is 0 Å². The number of alkyl halides is 1. The van der Waals surface area contributed by atoms with Crippen molar-refractivity contribution in [1.29, 1.82) is 0 Å². The number of carbonyl (C=O) groups is 1. The summed E-state index contributed by atoms with van der Waals surface area (Å²) in [5.41, 5.74) is -2.24. The number of carbonyl (C=O) groups excluding carboxylic acids is 1. The van der Waals surface area contributed by atoms with Crippen LogP contribution in [0.1, 0.15) is 33.9 Å². The Balaban J connectivity index is 1.54. The molecule has 12 nitrogen and oxygen atoms in total. The monoisotopic (exact) mass is 607 g/mol. The van der Waals surface area contributed by atoms with Gasteiger partial charge in [0.25, 0.3) is 0 Å². The van der Waals surface area contributed by atoms with Crippen LogP contribution in [0.25, 0.3) is 11.1 Å². The number of ether oxygens (including phenoxy) is 2. The van der Waals surface area contributed by atoms with Crippen LogP contribution in [-0.4, -0.2) is 62.1 Å². The molecule has 0 aliphatic carbocycles. The summed E-state index contributed by atoms with van der Waals surface area (Å²) in [7, 11) is -4.51. The van der Waals surface area contributed by atoms with Gasteiger partial charge in [-0.1, -0.05) is 0 Å². The number of nitrogens with one attached hydrogen (secondary N) is 2. The number of nitrogens with zero attached hydrogens (tertiary/aromatic N) is 1. The first-order valence-electron chi connectivity index (χ1n) is 13.3. The fraction of sp³-hybridized carbons (Fsp3) is 0.393. The van der Waals surface area contributed by atoms with Crippen LogP contribution in [0.5, 0.6) is 5.75 Å². The number of hydrogen-bond acceptors (Lipinski definition) is 10. The SMILES string of the molecule is CC(C)OC(=O)[C@H](C)N[PH](O)(OCC1O[C@@H](n2ccc(=O)[nH]c2=O)[C@](C)(F)[C@@H]1O)Oc1ccc(-c2ccccc2)cc1. The molecule has 1 saturated heterocycles. The molecule has 1 aromatic heterocycles. The van der Waals surface area contributed by atoms with Crippen molar-refractivity contribution in [3.8, 4) is 16.9 Å². The van der Waals surface area contributed by atoms with Gasteiger partial charge in [0.15, 0.2) is 0 Å². The first kappa shape index (κ1) is 31.5. The zero-order valence-electron chi connectivity index (χ0n) is 23.5. The van der Waals surface area contributed by atoms with E-state index in [1.165, 1.54) is 6.92 Å². The van der Waals surface area contributed by atoms with E-state index in [9.17, 15) is 24.4 Å². The Labute approximate surface area is 241 Å². The van der Waals surface area contributed by atoms with Crippen LogP contribution in [0.15, 0.2) is 76.4 Å². The Morgan fingerprint density at radius 3 is 2.38 bits per heavy atom. The Hall–Kier alpha value is -3.45. The molecule has 1 fully saturated rings. The van der Waals surface area contributed by atoms with Crippen molar-refractivity contribution in [3.05, 3.63) is 87.7 Å². The van der Waals surface area contributed by atoms with Crippen LogP contribution in [0.3, 0.4) is 0 Å². The molecular formula is C28H35FN3O9P. The molecule has 5 atom stereocenters. The molecular weight excluding hydrogens is 572 g/mol. The normalized spacial score (nSPS) is 23.5. The molecule has 14 heteroatoms. The van der Waals surface area contributed by atoms with Crippen molar-refractivity contribution < 1.29 is 37.7 Å². The predicted octanol–water partition coefficient (Wildman–Crippen LogP) is 2.62. The number of esters is 1. The summed E-state index contributed by atoms with van der Waals surface area (Å²) < 4.78 is 38.8. The quantitative estimate of drug-likeness (QED) is 0.188. The average Bonchev–Trinajstić information content (AvgIpc) is 3.16. The average molecular weight is 608 g/mol. The van der Waals surface area contributed by atoms with Crippen LogP contribution in [0.4, 0.5) is 4.39 Å². The molecule has 0 saturated carbocycles. The summed E-state index contributed by atoms with van der Waals surface area (Å²) in [6.07, 6.45) is -4.14. The van der Waals surface area contributed by atoms with E-state index >= 15 is 4.39 Å². The number of aliphatic hydroxyl groups is 1. The van der Waals surface area contributed by atoms with E-state index < -0.39 is 68.2 Å². The summed E-state index contributed by atoms with van der Waals surface area (Å²) in [5.74, 6) is -0.463. The van der Waals surface area contributed by atoms with Crippen molar-refractivity contribution in [1.82, 2.24) is 14.6 Å².